The van der Waals surface area contributed by atoms with E-state index in [-0.39, 0.29) is 6.42 Å². The molecule has 0 saturated carbocycles. The highest BCUT2D eigenvalue weighted by molar-refractivity contribution is 5.97. The minimum atomic E-state index is -1.74. The summed E-state index contributed by atoms with van der Waals surface area (Å²) in [6.07, 6.45) is -0.783. The topological polar surface area (TPSA) is 75.6 Å². The summed E-state index contributed by atoms with van der Waals surface area (Å²) in [4.78, 5) is 24.0. The van der Waals surface area contributed by atoms with Gasteiger partial charge in [-0.15, -0.1) is 0 Å². The third-order valence-corrected chi connectivity index (χ3v) is 3.52. The SMILES string of the molecule is CC(C)(C)OC(=O)NC(=O)C(C)(O)Cc1cccc2ccccc12. The number of aliphatic hydroxyl groups is 1. The summed E-state index contributed by atoms with van der Waals surface area (Å²) < 4.78 is 5.04. The van der Waals surface area contributed by atoms with Crippen molar-refractivity contribution in [3.8, 4) is 0 Å². The molecular formula is C19H23NO4. The maximum absolute atomic E-state index is 12.2. The number of imide groups is 1. The number of nitrogens with one attached hydrogen (secondary N) is 1. The van der Waals surface area contributed by atoms with E-state index in [0.29, 0.717) is 0 Å². The first-order valence-electron chi connectivity index (χ1n) is 7.82. The van der Waals surface area contributed by atoms with E-state index in [1.165, 1.54) is 6.92 Å². The second-order valence-electron chi connectivity index (χ2n) is 7.04. The number of hydrogen-bond donors (Lipinski definition) is 2. The fourth-order valence-corrected chi connectivity index (χ4v) is 2.43. The Morgan fingerprint density at radius 1 is 1.04 bits per heavy atom. The first kappa shape index (κ1) is 17.9. The van der Waals surface area contributed by atoms with Crippen molar-refractivity contribution in [2.75, 3.05) is 0 Å². The van der Waals surface area contributed by atoms with Gasteiger partial charge in [-0.25, -0.2) is 4.79 Å². The van der Waals surface area contributed by atoms with E-state index in [4.69, 9.17) is 4.74 Å². The van der Waals surface area contributed by atoms with Gasteiger partial charge in [0.25, 0.3) is 5.91 Å². The number of carbonyl (C=O) groups is 2. The molecule has 2 aromatic carbocycles. The molecule has 0 fully saturated rings. The summed E-state index contributed by atoms with van der Waals surface area (Å²) >= 11 is 0. The average molecular weight is 329 g/mol. The minimum absolute atomic E-state index is 0.0863. The van der Waals surface area contributed by atoms with E-state index >= 15 is 0 Å². The number of ether oxygens (including phenoxy) is 1. The number of fused-ring (bicyclic) bond motifs is 1. The van der Waals surface area contributed by atoms with Crippen molar-refractivity contribution >= 4 is 22.8 Å². The molecule has 2 rings (SSSR count). The highest BCUT2D eigenvalue weighted by Crippen LogP contribution is 2.23. The zero-order valence-electron chi connectivity index (χ0n) is 14.4. The van der Waals surface area contributed by atoms with Gasteiger partial charge >= 0.3 is 6.09 Å². The van der Waals surface area contributed by atoms with Crippen LogP contribution in [0.1, 0.15) is 33.3 Å². The van der Waals surface area contributed by atoms with Crippen molar-refractivity contribution in [3.63, 3.8) is 0 Å². The third kappa shape index (κ3) is 4.55. The Kier molecular flexibility index (Phi) is 4.94. The number of rotatable bonds is 3. The molecule has 0 heterocycles. The van der Waals surface area contributed by atoms with Crippen LogP contribution in [0.5, 0.6) is 0 Å². The van der Waals surface area contributed by atoms with Crippen LogP contribution in [0.15, 0.2) is 42.5 Å². The molecule has 128 valence electrons. The van der Waals surface area contributed by atoms with Crippen molar-refractivity contribution in [1.82, 2.24) is 5.32 Å². The predicted molar refractivity (Wildman–Crippen MR) is 92.7 cm³/mol. The zero-order chi connectivity index (χ0) is 18.0. The van der Waals surface area contributed by atoms with Gasteiger partial charge in [0.2, 0.25) is 0 Å². The molecule has 1 atom stereocenters. The highest BCUT2D eigenvalue weighted by atomic mass is 16.6. The molecule has 0 bridgehead atoms. The molecule has 24 heavy (non-hydrogen) atoms. The quantitative estimate of drug-likeness (QED) is 0.907. The molecule has 5 nitrogen and oxygen atoms in total. The number of alkyl carbamates (subject to hydrolysis) is 1. The second kappa shape index (κ2) is 6.61. The van der Waals surface area contributed by atoms with Crippen molar-refractivity contribution in [2.45, 2.75) is 45.3 Å². The molecule has 2 amide bonds. The molecule has 1 unspecified atom stereocenters. The second-order valence-corrected chi connectivity index (χ2v) is 7.04. The maximum Gasteiger partial charge on any atom is 0.414 e. The molecular weight excluding hydrogens is 306 g/mol. The molecule has 5 heteroatoms. The summed E-state index contributed by atoms with van der Waals surface area (Å²) in [7, 11) is 0. The molecule has 0 aliphatic rings. The number of hydrogen-bond acceptors (Lipinski definition) is 4. The third-order valence-electron chi connectivity index (χ3n) is 3.52. The first-order valence-corrected chi connectivity index (χ1v) is 7.82. The van der Waals surface area contributed by atoms with Gasteiger partial charge in [-0.3, -0.25) is 10.1 Å². The number of benzene rings is 2. The molecule has 0 saturated heterocycles. The van der Waals surface area contributed by atoms with E-state index in [1.807, 2.05) is 42.5 Å². The Labute approximate surface area is 141 Å². The summed E-state index contributed by atoms with van der Waals surface area (Å²) in [5, 5.41) is 14.6. The van der Waals surface area contributed by atoms with Crippen molar-refractivity contribution in [2.24, 2.45) is 0 Å². The van der Waals surface area contributed by atoms with Crippen molar-refractivity contribution < 1.29 is 19.4 Å². The molecule has 0 radical (unpaired) electrons. The van der Waals surface area contributed by atoms with E-state index in [1.54, 1.807) is 20.8 Å². The Morgan fingerprint density at radius 2 is 1.67 bits per heavy atom. The van der Waals surface area contributed by atoms with Gasteiger partial charge < -0.3 is 9.84 Å². The van der Waals surface area contributed by atoms with Crippen molar-refractivity contribution in [3.05, 3.63) is 48.0 Å². The largest absolute Gasteiger partial charge is 0.444 e. The van der Waals surface area contributed by atoms with Gasteiger partial charge in [0.05, 0.1) is 0 Å². The van der Waals surface area contributed by atoms with E-state index in [0.717, 1.165) is 16.3 Å². The van der Waals surface area contributed by atoms with Crippen LogP contribution >= 0.6 is 0 Å². The first-order chi connectivity index (χ1) is 11.1. The van der Waals surface area contributed by atoms with Gasteiger partial charge in [0, 0.05) is 6.42 Å². The summed E-state index contributed by atoms with van der Waals surface area (Å²) in [5.74, 6) is -0.787. The van der Waals surface area contributed by atoms with Gasteiger partial charge in [-0.05, 0) is 44.0 Å². The van der Waals surface area contributed by atoms with Gasteiger partial charge in [-0.1, -0.05) is 42.5 Å². The molecule has 0 aliphatic heterocycles. The highest BCUT2D eigenvalue weighted by Gasteiger charge is 2.33. The molecule has 0 spiro atoms. The Balaban J connectivity index is 2.15. The van der Waals surface area contributed by atoms with Crippen molar-refractivity contribution in [1.29, 1.82) is 0 Å². The van der Waals surface area contributed by atoms with Crippen LogP contribution in [-0.4, -0.2) is 28.3 Å². The fraction of sp³-hybridized carbons (Fsp3) is 0.368. The van der Waals surface area contributed by atoms with Crippen LogP contribution in [0.2, 0.25) is 0 Å². The summed E-state index contributed by atoms with van der Waals surface area (Å²) in [5.41, 5.74) is -1.62. The summed E-state index contributed by atoms with van der Waals surface area (Å²) in [6.45, 7) is 6.48. The predicted octanol–water partition coefficient (Wildman–Crippen LogP) is 3.18. The van der Waals surface area contributed by atoms with Crippen LogP contribution in [0.4, 0.5) is 4.79 Å². The molecule has 0 aliphatic carbocycles. The smallest absolute Gasteiger partial charge is 0.414 e. The fourth-order valence-electron chi connectivity index (χ4n) is 2.43. The van der Waals surface area contributed by atoms with E-state index in [9.17, 15) is 14.7 Å². The average Bonchev–Trinajstić information content (AvgIpc) is 2.45. The van der Waals surface area contributed by atoms with Crippen LogP contribution < -0.4 is 5.32 Å². The lowest BCUT2D eigenvalue weighted by molar-refractivity contribution is -0.137. The molecule has 0 aromatic heterocycles. The lowest BCUT2D eigenvalue weighted by Crippen LogP contribution is -2.49. The van der Waals surface area contributed by atoms with E-state index < -0.39 is 23.2 Å². The number of carbonyl (C=O) groups excluding carboxylic acids is 2. The van der Waals surface area contributed by atoms with Gasteiger partial charge in [0.15, 0.2) is 0 Å². The zero-order valence-corrected chi connectivity index (χ0v) is 14.4. The van der Waals surface area contributed by atoms with Crippen LogP contribution in [-0.2, 0) is 16.0 Å². The van der Waals surface area contributed by atoms with Crippen LogP contribution in [0.3, 0.4) is 0 Å². The van der Waals surface area contributed by atoms with Crippen LogP contribution in [0, 0.1) is 0 Å². The maximum atomic E-state index is 12.2. The number of amides is 2. The van der Waals surface area contributed by atoms with E-state index in [2.05, 4.69) is 5.32 Å². The normalized spacial score (nSPS) is 14.0. The van der Waals surface area contributed by atoms with Crippen LogP contribution in [0.25, 0.3) is 10.8 Å². The molecule has 2 aromatic rings. The lowest BCUT2D eigenvalue weighted by atomic mass is 9.92. The monoisotopic (exact) mass is 329 g/mol. The molecule has 2 N–H and O–H groups in total. The minimum Gasteiger partial charge on any atom is -0.444 e. The Bertz CT molecular complexity index is 754. The van der Waals surface area contributed by atoms with Gasteiger partial charge in [0.1, 0.15) is 11.2 Å². The summed E-state index contributed by atoms with van der Waals surface area (Å²) in [6, 6.07) is 13.4. The lowest BCUT2D eigenvalue weighted by Gasteiger charge is -2.24. The van der Waals surface area contributed by atoms with Gasteiger partial charge in [-0.2, -0.15) is 0 Å². The Hall–Kier alpha value is -2.40. The standard InChI is InChI=1S/C19H23NO4/c1-18(2,3)24-17(22)20-16(21)19(4,23)12-14-10-7-9-13-8-5-6-11-15(13)14/h5-11,23H,12H2,1-4H3,(H,20,21,22). The Morgan fingerprint density at radius 3 is 2.33 bits per heavy atom.